The summed E-state index contributed by atoms with van der Waals surface area (Å²) in [4.78, 5) is 4.62. The standard InChI is InChI=1S/C14H18N2OS/c1-18(2)16-9-5-6-11(10-16)14-15-12-7-3-4-8-13(12)17-14/h3-4,7-8,11H,1,5-6,9-10H2,2H3. The maximum absolute atomic E-state index is 5.88. The third kappa shape index (κ3) is 2.22. The van der Waals surface area contributed by atoms with Crippen LogP contribution in [0.25, 0.3) is 11.1 Å². The van der Waals surface area contributed by atoms with Crippen LogP contribution in [0.3, 0.4) is 0 Å². The van der Waals surface area contributed by atoms with Crippen LogP contribution >= 0.6 is 10.7 Å². The molecule has 1 aliphatic heterocycles. The van der Waals surface area contributed by atoms with Gasteiger partial charge in [-0.15, -0.1) is 10.7 Å². The first-order valence-corrected chi connectivity index (χ1v) is 8.06. The fourth-order valence-electron chi connectivity index (χ4n) is 2.49. The number of fused-ring (bicyclic) bond motifs is 1. The average molecular weight is 262 g/mol. The van der Waals surface area contributed by atoms with Crippen LogP contribution in [-0.2, 0) is 0 Å². The molecule has 1 aliphatic rings. The normalized spacial score (nSPS) is 23.3. The summed E-state index contributed by atoms with van der Waals surface area (Å²) in [5, 5.41) is 0. The number of benzene rings is 1. The number of hydrogen-bond acceptors (Lipinski definition) is 3. The Morgan fingerprint density at radius 3 is 3.06 bits per heavy atom. The second kappa shape index (κ2) is 4.86. The maximum Gasteiger partial charge on any atom is 0.199 e. The summed E-state index contributed by atoms with van der Waals surface area (Å²) >= 11 is 0. The molecule has 0 radical (unpaired) electrons. The zero-order valence-corrected chi connectivity index (χ0v) is 11.4. The van der Waals surface area contributed by atoms with Crippen LogP contribution in [0.5, 0.6) is 0 Å². The number of piperidine rings is 1. The van der Waals surface area contributed by atoms with E-state index < -0.39 is 0 Å². The molecular weight excluding hydrogens is 244 g/mol. The highest BCUT2D eigenvalue weighted by atomic mass is 32.2. The minimum absolute atomic E-state index is 0.0997. The largest absolute Gasteiger partial charge is 0.440 e. The lowest BCUT2D eigenvalue weighted by atomic mass is 10.00. The molecule has 96 valence electrons. The van der Waals surface area contributed by atoms with Gasteiger partial charge in [0, 0.05) is 19.0 Å². The zero-order valence-electron chi connectivity index (χ0n) is 10.6. The first-order valence-electron chi connectivity index (χ1n) is 6.30. The van der Waals surface area contributed by atoms with Crippen LogP contribution in [-0.4, -0.2) is 34.5 Å². The van der Waals surface area contributed by atoms with Crippen molar-refractivity contribution in [1.29, 1.82) is 0 Å². The van der Waals surface area contributed by atoms with Crippen LogP contribution < -0.4 is 0 Å². The van der Waals surface area contributed by atoms with Crippen molar-refractivity contribution in [3.8, 4) is 0 Å². The lowest BCUT2D eigenvalue weighted by Gasteiger charge is -2.31. The van der Waals surface area contributed by atoms with Crippen molar-refractivity contribution in [1.82, 2.24) is 9.29 Å². The molecule has 0 amide bonds. The third-order valence-electron chi connectivity index (χ3n) is 3.48. The van der Waals surface area contributed by atoms with E-state index in [4.69, 9.17) is 4.42 Å². The summed E-state index contributed by atoms with van der Waals surface area (Å²) in [6.45, 7) is 2.18. The number of para-hydroxylation sites is 2. The van der Waals surface area contributed by atoms with E-state index in [1.165, 1.54) is 12.8 Å². The van der Waals surface area contributed by atoms with Crippen LogP contribution in [0.1, 0.15) is 24.7 Å². The van der Waals surface area contributed by atoms with Crippen LogP contribution in [0, 0.1) is 0 Å². The molecule has 0 aliphatic carbocycles. The van der Waals surface area contributed by atoms with Crippen LogP contribution in [0.4, 0.5) is 0 Å². The smallest absolute Gasteiger partial charge is 0.199 e. The molecule has 0 spiro atoms. The number of aromatic nitrogens is 1. The summed E-state index contributed by atoms with van der Waals surface area (Å²) in [6, 6.07) is 7.98. The average Bonchev–Trinajstić information content (AvgIpc) is 2.82. The van der Waals surface area contributed by atoms with Crippen molar-refractivity contribution in [2.75, 3.05) is 19.3 Å². The van der Waals surface area contributed by atoms with Gasteiger partial charge in [0.05, 0.1) is 0 Å². The van der Waals surface area contributed by atoms with Gasteiger partial charge in [0.15, 0.2) is 11.5 Å². The highest BCUT2D eigenvalue weighted by Gasteiger charge is 2.25. The van der Waals surface area contributed by atoms with Gasteiger partial charge in [-0.1, -0.05) is 18.0 Å². The third-order valence-corrected chi connectivity index (χ3v) is 4.70. The highest BCUT2D eigenvalue weighted by Crippen LogP contribution is 2.32. The molecular formula is C14H18N2OS. The Balaban J connectivity index is 1.87. The molecule has 1 aromatic heterocycles. The Labute approximate surface area is 110 Å². The summed E-state index contributed by atoms with van der Waals surface area (Å²) in [6.07, 6.45) is 4.55. The van der Waals surface area contributed by atoms with Crippen molar-refractivity contribution in [2.45, 2.75) is 18.8 Å². The van der Waals surface area contributed by atoms with Crippen molar-refractivity contribution >= 4 is 27.6 Å². The predicted molar refractivity (Wildman–Crippen MR) is 78.2 cm³/mol. The Kier molecular flexibility index (Phi) is 3.22. The molecule has 2 unspecified atom stereocenters. The van der Waals surface area contributed by atoms with E-state index in [0.717, 1.165) is 30.1 Å². The monoisotopic (exact) mass is 262 g/mol. The van der Waals surface area contributed by atoms with Crippen LogP contribution in [0.15, 0.2) is 28.7 Å². The number of hydrogen-bond donors (Lipinski definition) is 0. The van der Waals surface area contributed by atoms with Crippen molar-refractivity contribution in [3.05, 3.63) is 30.2 Å². The number of rotatable bonds is 2. The van der Waals surface area contributed by atoms with Gasteiger partial charge in [-0.3, -0.25) is 4.31 Å². The molecule has 3 rings (SSSR count). The molecule has 1 saturated heterocycles. The molecule has 0 saturated carbocycles. The van der Waals surface area contributed by atoms with Gasteiger partial charge in [-0.25, -0.2) is 4.98 Å². The second-order valence-corrected chi connectivity index (χ2v) is 6.56. The van der Waals surface area contributed by atoms with Crippen molar-refractivity contribution < 1.29 is 4.42 Å². The second-order valence-electron chi connectivity index (χ2n) is 4.85. The minimum Gasteiger partial charge on any atom is -0.440 e. The van der Waals surface area contributed by atoms with E-state index in [2.05, 4.69) is 21.4 Å². The van der Waals surface area contributed by atoms with Gasteiger partial charge in [0.25, 0.3) is 0 Å². The van der Waals surface area contributed by atoms with E-state index >= 15 is 0 Å². The Bertz CT molecular complexity index is 545. The number of oxazole rings is 1. The molecule has 3 nitrogen and oxygen atoms in total. The van der Waals surface area contributed by atoms with Gasteiger partial charge < -0.3 is 4.42 Å². The van der Waals surface area contributed by atoms with Gasteiger partial charge in [0.2, 0.25) is 0 Å². The summed E-state index contributed by atoms with van der Waals surface area (Å²) in [5.41, 5.74) is 1.87. The molecule has 0 bridgehead atoms. The summed E-state index contributed by atoms with van der Waals surface area (Å²) in [7, 11) is 0.0997. The minimum atomic E-state index is 0.0997. The van der Waals surface area contributed by atoms with Gasteiger partial charge in [0.1, 0.15) is 5.52 Å². The molecule has 4 heteroatoms. The maximum atomic E-state index is 5.88. The SMILES string of the molecule is C=S(C)N1CCCC(c2nc3ccccc3o2)C1. The lowest BCUT2D eigenvalue weighted by molar-refractivity contribution is 0.307. The summed E-state index contributed by atoms with van der Waals surface area (Å²) < 4.78 is 8.31. The van der Waals surface area contributed by atoms with Crippen molar-refractivity contribution in [3.63, 3.8) is 0 Å². The molecule has 2 heterocycles. The van der Waals surface area contributed by atoms with E-state index in [-0.39, 0.29) is 10.7 Å². The molecule has 2 atom stereocenters. The van der Waals surface area contributed by atoms with E-state index in [1.54, 1.807) is 0 Å². The highest BCUT2D eigenvalue weighted by molar-refractivity contribution is 8.11. The number of nitrogens with zero attached hydrogens (tertiary/aromatic N) is 2. The molecule has 1 fully saturated rings. The van der Waals surface area contributed by atoms with Gasteiger partial charge >= 0.3 is 0 Å². The first kappa shape index (κ1) is 11.9. The predicted octanol–water partition coefficient (Wildman–Crippen LogP) is 3.25. The zero-order chi connectivity index (χ0) is 12.5. The van der Waals surface area contributed by atoms with Crippen molar-refractivity contribution in [2.24, 2.45) is 0 Å². The molecule has 2 aromatic rings. The Morgan fingerprint density at radius 1 is 1.44 bits per heavy atom. The quantitative estimate of drug-likeness (QED) is 0.778. The molecule has 0 N–H and O–H groups in total. The fraction of sp³-hybridized carbons (Fsp3) is 0.429. The summed E-state index contributed by atoms with van der Waals surface area (Å²) in [5.74, 6) is 5.45. The molecule has 18 heavy (non-hydrogen) atoms. The van der Waals surface area contributed by atoms with E-state index in [1.807, 2.05) is 24.3 Å². The lowest BCUT2D eigenvalue weighted by Crippen LogP contribution is -2.30. The fourth-order valence-corrected chi connectivity index (χ4v) is 3.37. The van der Waals surface area contributed by atoms with E-state index in [0.29, 0.717) is 5.92 Å². The van der Waals surface area contributed by atoms with Crippen LogP contribution in [0.2, 0.25) is 0 Å². The Morgan fingerprint density at radius 2 is 2.28 bits per heavy atom. The Hall–Kier alpha value is -1.13. The van der Waals surface area contributed by atoms with E-state index in [9.17, 15) is 0 Å². The van der Waals surface area contributed by atoms with Gasteiger partial charge in [-0.05, 0) is 31.2 Å². The first-order chi connectivity index (χ1) is 8.74. The van der Waals surface area contributed by atoms with Gasteiger partial charge in [-0.2, -0.15) is 0 Å². The topological polar surface area (TPSA) is 29.3 Å². The molecule has 1 aromatic carbocycles.